The van der Waals surface area contributed by atoms with Crippen LogP contribution in [-0.4, -0.2) is 49.7 Å². The molecule has 0 aromatic carbocycles. The highest BCUT2D eigenvalue weighted by molar-refractivity contribution is 7.11. The van der Waals surface area contributed by atoms with E-state index in [0.717, 1.165) is 11.5 Å². The summed E-state index contributed by atoms with van der Waals surface area (Å²) >= 11 is 1.06. The summed E-state index contributed by atoms with van der Waals surface area (Å²) in [7, 11) is 1.57. The van der Waals surface area contributed by atoms with Gasteiger partial charge in [0.25, 0.3) is 0 Å². The number of nitrogens with one attached hydrogen (secondary N) is 2. The van der Waals surface area contributed by atoms with Crippen LogP contribution in [0.1, 0.15) is 23.7 Å². The molecule has 8 nitrogen and oxygen atoms in total. The van der Waals surface area contributed by atoms with Gasteiger partial charge in [-0.05, 0) is 18.5 Å². The van der Waals surface area contributed by atoms with Crippen LogP contribution < -0.4 is 16.4 Å². The van der Waals surface area contributed by atoms with Crippen molar-refractivity contribution in [1.29, 1.82) is 0 Å². The molecule has 0 radical (unpaired) electrons. The third-order valence-corrected chi connectivity index (χ3v) is 3.28. The van der Waals surface area contributed by atoms with Crippen LogP contribution in [0.3, 0.4) is 0 Å². The summed E-state index contributed by atoms with van der Waals surface area (Å²) in [6.45, 7) is 3.28. The van der Waals surface area contributed by atoms with Gasteiger partial charge in [-0.3, -0.25) is 4.79 Å². The number of hydrogen-bond acceptors (Lipinski definition) is 8. The lowest BCUT2D eigenvalue weighted by molar-refractivity contribution is -0.121. The number of nitrogens with zero attached hydrogens (tertiary/aromatic N) is 1. The van der Waals surface area contributed by atoms with Gasteiger partial charge < -0.3 is 25.8 Å². The number of methoxy groups -OCH3 is 1. The van der Waals surface area contributed by atoms with Crippen LogP contribution in [0.5, 0.6) is 0 Å². The Morgan fingerprint density at radius 2 is 2.14 bits per heavy atom. The summed E-state index contributed by atoms with van der Waals surface area (Å²) < 4.78 is 13.7. The van der Waals surface area contributed by atoms with Gasteiger partial charge in [0.15, 0.2) is 5.82 Å². The lowest BCUT2D eigenvalue weighted by atomic mass is 10.3. The molecular formula is C12H20N4O4S. The van der Waals surface area contributed by atoms with Gasteiger partial charge >= 0.3 is 5.97 Å². The fraction of sp³-hybridized carbons (Fsp3) is 0.583. The Morgan fingerprint density at radius 1 is 1.38 bits per heavy atom. The van der Waals surface area contributed by atoms with Gasteiger partial charge in [0, 0.05) is 26.6 Å². The van der Waals surface area contributed by atoms with E-state index >= 15 is 0 Å². The molecule has 1 aromatic rings. The number of carbonyl (C=O) groups excluding carboxylic acids is 2. The minimum Gasteiger partial charge on any atom is -0.462 e. The highest BCUT2D eigenvalue weighted by Crippen LogP contribution is 2.27. The molecule has 1 aromatic heterocycles. The summed E-state index contributed by atoms with van der Waals surface area (Å²) in [6.07, 6.45) is 0.268. The van der Waals surface area contributed by atoms with Crippen LogP contribution in [-0.2, 0) is 14.3 Å². The predicted octanol–water partition coefficient (Wildman–Crippen LogP) is 0.467. The topological polar surface area (TPSA) is 116 Å². The van der Waals surface area contributed by atoms with E-state index < -0.39 is 5.97 Å². The first-order chi connectivity index (χ1) is 10.1. The Balaban J connectivity index is 2.45. The van der Waals surface area contributed by atoms with Crippen LogP contribution in [0.2, 0.25) is 0 Å². The van der Waals surface area contributed by atoms with Gasteiger partial charge in [-0.2, -0.15) is 4.37 Å². The molecule has 0 saturated heterocycles. The molecule has 0 aliphatic carbocycles. The van der Waals surface area contributed by atoms with Gasteiger partial charge in [-0.15, -0.1) is 0 Å². The Morgan fingerprint density at radius 3 is 2.81 bits per heavy atom. The molecule has 21 heavy (non-hydrogen) atoms. The fourth-order valence-corrected chi connectivity index (χ4v) is 2.22. The van der Waals surface area contributed by atoms with Crippen LogP contribution >= 0.6 is 11.5 Å². The molecule has 0 saturated carbocycles. The highest BCUT2D eigenvalue weighted by Gasteiger charge is 2.20. The summed E-state index contributed by atoms with van der Waals surface area (Å²) in [5.41, 5.74) is 5.87. The van der Waals surface area contributed by atoms with Gasteiger partial charge in [0.05, 0.1) is 13.2 Å². The van der Waals surface area contributed by atoms with E-state index in [9.17, 15) is 9.59 Å². The lowest BCUT2D eigenvalue weighted by Gasteiger charge is -2.07. The van der Waals surface area contributed by atoms with Crippen molar-refractivity contribution in [3.05, 3.63) is 5.56 Å². The van der Waals surface area contributed by atoms with Gasteiger partial charge in [0.1, 0.15) is 10.6 Å². The van der Waals surface area contributed by atoms with Crippen LogP contribution in [0.25, 0.3) is 0 Å². The van der Waals surface area contributed by atoms with Crippen molar-refractivity contribution < 1.29 is 19.1 Å². The van der Waals surface area contributed by atoms with Gasteiger partial charge in [-0.1, -0.05) is 0 Å². The van der Waals surface area contributed by atoms with Crippen molar-refractivity contribution in [3.8, 4) is 0 Å². The molecule has 4 N–H and O–H groups in total. The van der Waals surface area contributed by atoms with Crippen molar-refractivity contribution >= 4 is 34.2 Å². The van der Waals surface area contributed by atoms with Crippen LogP contribution in [0.4, 0.5) is 10.8 Å². The first kappa shape index (κ1) is 17.2. The monoisotopic (exact) mass is 316 g/mol. The summed E-state index contributed by atoms with van der Waals surface area (Å²) in [5.74, 6) is -0.490. The van der Waals surface area contributed by atoms with Gasteiger partial charge in [-0.25, -0.2) is 4.79 Å². The second-order valence-electron chi connectivity index (χ2n) is 4.01. The molecule has 1 amide bonds. The number of nitrogen functional groups attached to an aromatic ring is 1. The van der Waals surface area contributed by atoms with Gasteiger partial charge in [0.2, 0.25) is 5.91 Å². The fourth-order valence-electron chi connectivity index (χ4n) is 1.49. The second kappa shape index (κ2) is 9.14. The van der Waals surface area contributed by atoms with Crippen LogP contribution in [0.15, 0.2) is 0 Å². The zero-order valence-corrected chi connectivity index (χ0v) is 12.9. The quantitative estimate of drug-likeness (QED) is 0.448. The molecular weight excluding hydrogens is 296 g/mol. The number of anilines is 2. The van der Waals surface area contributed by atoms with Crippen molar-refractivity contribution in [1.82, 2.24) is 9.69 Å². The number of aromatic nitrogens is 1. The lowest BCUT2D eigenvalue weighted by Crippen LogP contribution is -2.28. The molecule has 1 rings (SSSR count). The number of rotatable bonds is 9. The van der Waals surface area contributed by atoms with Crippen LogP contribution in [0, 0.1) is 0 Å². The Bertz CT molecular complexity index is 478. The van der Waals surface area contributed by atoms with E-state index in [0.29, 0.717) is 24.7 Å². The van der Waals surface area contributed by atoms with Crippen molar-refractivity contribution in [2.75, 3.05) is 44.5 Å². The molecule has 0 bridgehead atoms. The van der Waals surface area contributed by atoms with E-state index in [1.54, 1.807) is 14.0 Å². The Kier molecular flexibility index (Phi) is 7.48. The van der Waals surface area contributed by atoms with E-state index in [1.165, 1.54) is 0 Å². The van der Waals surface area contributed by atoms with Crippen molar-refractivity contribution in [2.24, 2.45) is 0 Å². The second-order valence-corrected chi connectivity index (χ2v) is 4.79. The average molecular weight is 316 g/mol. The molecule has 0 aliphatic heterocycles. The number of nitrogens with two attached hydrogens (primary N) is 1. The molecule has 0 spiro atoms. The maximum Gasteiger partial charge on any atom is 0.344 e. The van der Waals surface area contributed by atoms with Crippen molar-refractivity contribution in [2.45, 2.75) is 13.3 Å². The van der Waals surface area contributed by atoms with E-state index in [1.807, 2.05) is 0 Å². The normalized spacial score (nSPS) is 10.2. The minimum absolute atomic E-state index is 0.102. The first-order valence-corrected chi connectivity index (χ1v) is 7.29. The largest absolute Gasteiger partial charge is 0.462 e. The number of ether oxygens (including phenoxy) is 2. The number of carbonyl (C=O) groups is 2. The standard InChI is InChI=1S/C12H20N4O4S/c1-3-20-12(18)9-10(13)16-21-11(9)15-5-4-8(17)14-6-7-19-2/h15H,3-7H2,1-2H3,(H2,13,16)(H,14,17). The summed E-state index contributed by atoms with van der Waals surface area (Å²) in [5, 5.41) is 6.19. The first-order valence-electron chi connectivity index (χ1n) is 6.51. The molecule has 0 aliphatic rings. The van der Waals surface area contributed by atoms with E-state index in [-0.39, 0.29) is 30.3 Å². The zero-order chi connectivity index (χ0) is 15.7. The number of hydrogen-bond donors (Lipinski definition) is 3. The highest BCUT2D eigenvalue weighted by atomic mass is 32.1. The maximum atomic E-state index is 11.8. The van der Waals surface area contributed by atoms with E-state index in [2.05, 4.69) is 15.0 Å². The number of amides is 1. The molecule has 0 unspecified atom stereocenters. The predicted molar refractivity (Wildman–Crippen MR) is 80.5 cm³/mol. The third-order valence-electron chi connectivity index (χ3n) is 2.46. The minimum atomic E-state index is -0.518. The summed E-state index contributed by atoms with van der Waals surface area (Å²) in [6, 6.07) is 0. The van der Waals surface area contributed by atoms with Crippen molar-refractivity contribution in [3.63, 3.8) is 0 Å². The molecule has 0 fully saturated rings. The SMILES string of the molecule is CCOC(=O)c1c(N)nsc1NCCC(=O)NCCOC. The Hall–Kier alpha value is -1.87. The van der Waals surface area contributed by atoms with E-state index in [4.69, 9.17) is 15.2 Å². The smallest absolute Gasteiger partial charge is 0.344 e. The third kappa shape index (κ3) is 5.56. The molecule has 0 atom stereocenters. The Labute approximate surface area is 127 Å². The molecule has 9 heteroatoms. The maximum absolute atomic E-state index is 11.8. The molecule has 1 heterocycles. The molecule has 118 valence electrons. The average Bonchev–Trinajstić information content (AvgIpc) is 2.80. The zero-order valence-electron chi connectivity index (χ0n) is 12.1. The number of esters is 1. The summed E-state index contributed by atoms with van der Waals surface area (Å²) in [4.78, 5) is 23.2.